The van der Waals surface area contributed by atoms with Crippen molar-refractivity contribution < 1.29 is 9.90 Å². The minimum absolute atomic E-state index is 0.191. The number of hydrogen-bond donors (Lipinski definition) is 4. The summed E-state index contributed by atoms with van der Waals surface area (Å²) in [5, 5.41) is 19.9. The van der Waals surface area contributed by atoms with Crippen LogP contribution in [0.25, 0.3) is 10.8 Å². The van der Waals surface area contributed by atoms with Crippen LogP contribution in [0.15, 0.2) is 48.5 Å². The van der Waals surface area contributed by atoms with Crippen LogP contribution in [0.4, 0.5) is 22.2 Å². The van der Waals surface area contributed by atoms with Crippen molar-refractivity contribution in [2.75, 3.05) is 22.5 Å². The molecule has 3 aromatic rings. The van der Waals surface area contributed by atoms with Gasteiger partial charge in [0.05, 0.1) is 6.10 Å². The maximum atomic E-state index is 12.2. The molecule has 0 fully saturated rings. The number of amides is 2. The summed E-state index contributed by atoms with van der Waals surface area (Å²) in [5.74, 6) is 0.732. The first-order chi connectivity index (χ1) is 12.5. The highest BCUT2D eigenvalue weighted by Gasteiger charge is 2.08. The summed E-state index contributed by atoms with van der Waals surface area (Å²) in [7, 11) is 0. The van der Waals surface area contributed by atoms with Crippen molar-refractivity contribution >= 4 is 34.3 Å². The molecule has 1 unspecified atom stereocenters. The van der Waals surface area contributed by atoms with Crippen molar-refractivity contribution in [1.82, 2.24) is 9.97 Å². The normalized spacial score (nSPS) is 11.8. The van der Waals surface area contributed by atoms with Gasteiger partial charge in [0.15, 0.2) is 0 Å². The SMILES string of the molecule is Cc1cc(NCC(C)O)nc(NC(=O)Nc2ccc3ccccc3c2)n1. The van der Waals surface area contributed by atoms with Crippen molar-refractivity contribution in [1.29, 1.82) is 0 Å². The average Bonchev–Trinajstić information content (AvgIpc) is 2.59. The van der Waals surface area contributed by atoms with E-state index in [9.17, 15) is 9.90 Å². The lowest BCUT2D eigenvalue weighted by atomic mass is 10.1. The summed E-state index contributed by atoms with van der Waals surface area (Å²) in [6.45, 7) is 3.85. The first kappa shape index (κ1) is 17.6. The largest absolute Gasteiger partial charge is 0.392 e. The molecule has 7 heteroatoms. The third-order valence-electron chi connectivity index (χ3n) is 3.67. The van der Waals surface area contributed by atoms with E-state index in [-0.39, 0.29) is 5.95 Å². The van der Waals surface area contributed by atoms with E-state index in [0.29, 0.717) is 23.7 Å². The van der Waals surface area contributed by atoms with Crippen molar-refractivity contribution in [2.45, 2.75) is 20.0 Å². The Kier molecular flexibility index (Phi) is 5.28. The molecule has 2 amide bonds. The number of nitrogens with zero attached hydrogens (tertiary/aromatic N) is 2. The first-order valence-electron chi connectivity index (χ1n) is 8.34. The molecule has 0 bridgehead atoms. The number of nitrogens with one attached hydrogen (secondary N) is 3. The molecule has 2 aromatic carbocycles. The highest BCUT2D eigenvalue weighted by molar-refractivity contribution is 6.00. The lowest BCUT2D eigenvalue weighted by molar-refractivity contribution is 0.208. The highest BCUT2D eigenvalue weighted by atomic mass is 16.3. The van der Waals surface area contributed by atoms with Gasteiger partial charge in [-0.1, -0.05) is 30.3 Å². The molecule has 1 atom stereocenters. The topological polar surface area (TPSA) is 99.2 Å². The minimum atomic E-state index is -0.502. The number of hydrogen-bond acceptors (Lipinski definition) is 5. The number of carbonyl (C=O) groups excluding carboxylic acids is 1. The van der Waals surface area contributed by atoms with E-state index in [4.69, 9.17) is 0 Å². The second-order valence-corrected chi connectivity index (χ2v) is 6.09. The zero-order valence-corrected chi connectivity index (χ0v) is 14.7. The van der Waals surface area contributed by atoms with E-state index in [1.54, 1.807) is 13.0 Å². The van der Waals surface area contributed by atoms with E-state index in [1.165, 1.54) is 0 Å². The summed E-state index contributed by atoms with van der Waals surface area (Å²) in [4.78, 5) is 20.7. The minimum Gasteiger partial charge on any atom is -0.392 e. The molecule has 134 valence electrons. The van der Waals surface area contributed by atoms with Gasteiger partial charge in [0.2, 0.25) is 5.95 Å². The Labute approximate surface area is 151 Å². The predicted octanol–water partition coefficient (Wildman–Crippen LogP) is 3.37. The Hall–Kier alpha value is -3.19. The molecule has 4 N–H and O–H groups in total. The van der Waals surface area contributed by atoms with Crippen LogP contribution in [-0.4, -0.2) is 33.8 Å². The Morgan fingerprint density at radius 2 is 1.85 bits per heavy atom. The maximum absolute atomic E-state index is 12.2. The summed E-state index contributed by atoms with van der Waals surface area (Å²) in [6.07, 6.45) is -0.502. The van der Waals surface area contributed by atoms with Gasteiger partial charge in [-0.05, 0) is 36.8 Å². The second kappa shape index (κ2) is 7.79. The molecule has 26 heavy (non-hydrogen) atoms. The molecule has 0 spiro atoms. The number of anilines is 3. The smallest absolute Gasteiger partial charge is 0.326 e. The molecule has 7 nitrogen and oxygen atoms in total. The van der Waals surface area contributed by atoms with Crippen molar-refractivity contribution in [3.63, 3.8) is 0 Å². The van der Waals surface area contributed by atoms with Gasteiger partial charge >= 0.3 is 6.03 Å². The van der Waals surface area contributed by atoms with Gasteiger partial charge in [-0.2, -0.15) is 4.98 Å². The molecular formula is C19H21N5O2. The van der Waals surface area contributed by atoms with Crippen LogP contribution in [0.3, 0.4) is 0 Å². The van der Waals surface area contributed by atoms with Gasteiger partial charge in [-0.3, -0.25) is 5.32 Å². The number of aromatic nitrogens is 2. The van der Waals surface area contributed by atoms with E-state index in [2.05, 4.69) is 25.9 Å². The van der Waals surface area contributed by atoms with Crippen LogP contribution in [0.2, 0.25) is 0 Å². The van der Waals surface area contributed by atoms with Gasteiger partial charge in [0.25, 0.3) is 0 Å². The molecule has 3 rings (SSSR count). The van der Waals surface area contributed by atoms with Gasteiger partial charge < -0.3 is 15.7 Å². The molecule has 0 saturated carbocycles. The molecule has 0 saturated heterocycles. The van der Waals surface area contributed by atoms with Gasteiger partial charge in [-0.25, -0.2) is 9.78 Å². The Morgan fingerprint density at radius 3 is 2.62 bits per heavy atom. The van der Waals surface area contributed by atoms with Crippen molar-refractivity contribution in [2.24, 2.45) is 0 Å². The number of aliphatic hydroxyl groups is 1. The fourth-order valence-corrected chi connectivity index (χ4v) is 2.50. The standard InChI is InChI=1S/C19H21N5O2/c1-12-9-17(20-11-13(2)25)23-18(21-12)24-19(26)22-16-8-7-14-5-3-4-6-15(14)10-16/h3-10,13,25H,11H2,1-2H3,(H3,20,21,22,23,24,26). The van der Waals surface area contributed by atoms with Crippen LogP contribution in [0, 0.1) is 6.92 Å². The Morgan fingerprint density at radius 1 is 1.08 bits per heavy atom. The third kappa shape index (κ3) is 4.67. The zero-order chi connectivity index (χ0) is 18.5. The molecule has 1 aromatic heterocycles. The fourth-order valence-electron chi connectivity index (χ4n) is 2.50. The van der Waals surface area contributed by atoms with Crippen LogP contribution in [0.1, 0.15) is 12.6 Å². The van der Waals surface area contributed by atoms with E-state index < -0.39 is 12.1 Å². The van der Waals surface area contributed by atoms with Crippen molar-refractivity contribution in [3.05, 3.63) is 54.2 Å². The molecule has 0 aliphatic heterocycles. The first-order valence-corrected chi connectivity index (χ1v) is 8.34. The Bertz CT molecular complexity index is 927. The van der Waals surface area contributed by atoms with Crippen molar-refractivity contribution in [3.8, 4) is 0 Å². The lowest BCUT2D eigenvalue weighted by Gasteiger charge is -2.11. The number of aliphatic hydroxyl groups excluding tert-OH is 1. The molecule has 0 radical (unpaired) electrons. The highest BCUT2D eigenvalue weighted by Crippen LogP contribution is 2.19. The van der Waals surface area contributed by atoms with Crippen LogP contribution < -0.4 is 16.0 Å². The van der Waals surface area contributed by atoms with Crippen LogP contribution >= 0.6 is 0 Å². The monoisotopic (exact) mass is 351 g/mol. The predicted molar refractivity (Wildman–Crippen MR) is 104 cm³/mol. The third-order valence-corrected chi connectivity index (χ3v) is 3.67. The number of carbonyl (C=O) groups is 1. The van der Waals surface area contributed by atoms with Gasteiger partial charge in [0, 0.05) is 24.0 Å². The Balaban J connectivity index is 1.68. The lowest BCUT2D eigenvalue weighted by Crippen LogP contribution is -2.22. The molecular weight excluding hydrogens is 330 g/mol. The average molecular weight is 351 g/mol. The summed E-state index contributed by atoms with van der Waals surface area (Å²) in [6, 6.07) is 14.9. The van der Waals surface area contributed by atoms with E-state index >= 15 is 0 Å². The molecule has 0 aliphatic carbocycles. The zero-order valence-electron chi connectivity index (χ0n) is 14.7. The van der Waals surface area contributed by atoms with Crippen LogP contribution in [0.5, 0.6) is 0 Å². The fraction of sp³-hybridized carbons (Fsp3) is 0.211. The number of rotatable bonds is 5. The van der Waals surface area contributed by atoms with E-state index in [1.807, 2.05) is 49.4 Å². The quantitative estimate of drug-likeness (QED) is 0.565. The second-order valence-electron chi connectivity index (χ2n) is 6.09. The summed E-state index contributed by atoms with van der Waals surface area (Å²) < 4.78 is 0. The summed E-state index contributed by atoms with van der Waals surface area (Å²) in [5.41, 5.74) is 1.38. The molecule has 1 heterocycles. The van der Waals surface area contributed by atoms with Gasteiger partial charge in [0.1, 0.15) is 5.82 Å². The summed E-state index contributed by atoms with van der Waals surface area (Å²) >= 11 is 0. The molecule has 0 aliphatic rings. The van der Waals surface area contributed by atoms with E-state index in [0.717, 1.165) is 10.8 Å². The number of benzene rings is 2. The van der Waals surface area contributed by atoms with Crippen LogP contribution in [-0.2, 0) is 0 Å². The number of aryl methyl sites for hydroxylation is 1. The number of fused-ring (bicyclic) bond motifs is 1. The maximum Gasteiger partial charge on any atom is 0.326 e. The number of urea groups is 1. The van der Waals surface area contributed by atoms with Gasteiger partial charge in [-0.15, -0.1) is 0 Å².